The zero-order valence-corrected chi connectivity index (χ0v) is 11.8. The van der Waals surface area contributed by atoms with E-state index in [2.05, 4.69) is 10.3 Å². The van der Waals surface area contributed by atoms with Crippen LogP contribution in [0.1, 0.15) is 23.2 Å². The minimum absolute atomic E-state index is 0.180. The number of amides is 1. The molecule has 3 rings (SSSR count). The van der Waals surface area contributed by atoms with Gasteiger partial charge in [0.2, 0.25) is 0 Å². The highest BCUT2D eigenvalue weighted by atomic mass is 19.2. The molecule has 22 heavy (non-hydrogen) atoms. The molecular weight excluding hydrogens is 288 g/mol. The number of imidazole rings is 1. The molecule has 0 saturated carbocycles. The number of anilines is 1. The Labute approximate surface area is 125 Å². The first kappa shape index (κ1) is 14.2. The average molecular weight is 301 g/mol. The third-order valence-corrected chi connectivity index (χ3v) is 3.33. The predicted octanol–water partition coefficient (Wildman–Crippen LogP) is 3.43. The van der Waals surface area contributed by atoms with Gasteiger partial charge in [0, 0.05) is 24.4 Å². The summed E-state index contributed by atoms with van der Waals surface area (Å²) in [5, 5.41) is 2.53. The summed E-state index contributed by atoms with van der Waals surface area (Å²) < 4.78 is 27.9. The van der Waals surface area contributed by atoms with Gasteiger partial charge in [0.1, 0.15) is 5.82 Å². The minimum Gasteiger partial charge on any atom is -0.320 e. The van der Waals surface area contributed by atoms with Crippen molar-refractivity contribution in [2.75, 3.05) is 5.32 Å². The van der Waals surface area contributed by atoms with Crippen molar-refractivity contribution in [2.45, 2.75) is 13.3 Å². The second-order valence-electron chi connectivity index (χ2n) is 4.77. The zero-order valence-electron chi connectivity index (χ0n) is 11.8. The van der Waals surface area contributed by atoms with Crippen LogP contribution < -0.4 is 5.32 Å². The number of pyridine rings is 1. The second kappa shape index (κ2) is 5.55. The van der Waals surface area contributed by atoms with Crippen molar-refractivity contribution in [3.63, 3.8) is 0 Å². The monoisotopic (exact) mass is 301 g/mol. The highest BCUT2D eigenvalue weighted by Crippen LogP contribution is 2.17. The summed E-state index contributed by atoms with van der Waals surface area (Å²) in [6, 6.07) is 8.65. The molecule has 4 nitrogen and oxygen atoms in total. The zero-order chi connectivity index (χ0) is 15.7. The van der Waals surface area contributed by atoms with Crippen LogP contribution in [0.25, 0.3) is 5.52 Å². The number of nitrogens with one attached hydrogen (secondary N) is 1. The fraction of sp³-hybridized carbons (Fsp3) is 0.125. The Morgan fingerprint density at radius 3 is 2.77 bits per heavy atom. The molecule has 0 aliphatic heterocycles. The van der Waals surface area contributed by atoms with Crippen LogP contribution in [0.5, 0.6) is 0 Å². The molecule has 6 heteroatoms. The van der Waals surface area contributed by atoms with Crippen LogP contribution in [0.4, 0.5) is 14.5 Å². The van der Waals surface area contributed by atoms with Crippen molar-refractivity contribution < 1.29 is 13.6 Å². The van der Waals surface area contributed by atoms with Crippen LogP contribution in [0.15, 0.2) is 42.6 Å². The second-order valence-corrected chi connectivity index (χ2v) is 4.77. The van der Waals surface area contributed by atoms with E-state index in [1.807, 2.05) is 29.7 Å². The molecule has 0 atom stereocenters. The van der Waals surface area contributed by atoms with Gasteiger partial charge in [0.15, 0.2) is 17.3 Å². The number of hydrogen-bond acceptors (Lipinski definition) is 2. The topological polar surface area (TPSA) is 46.4 Å². The van der Waals surface area contributed by atoms with E-state index >= 15 is 0 Å². The summed E-state index contributed by atoms with van der Waals surface area (Å²) in [6.07, 6.45) is 2.50. The fourth-order valence-electron chi connectivity index (χ4n) is 2.28. The fourth-order valence-corrected chi connectivity index (χ4v) is 2.28. The molecule has 2 aromatic heterocycles. The number of carbonyl (C=O) groups is 1. The number of fused-ring (bicyclic) bond motifs is 1. The molecule has 0 bridgehead atoms. The van der Waals surface area contributed by atoms with Crippen LogP contribution >= 0.6 is 0 Å². The van der Waals surface area contributed by atoms with E-state index in [-0.39, 0.29) is 11.4 Å². The quantitative estimate of drug-likeness (QED) is 0.805. The molecule has 3 aromatic rings. The normalized spacial score (nSPS) is 10.9. The maximum atomic E-state index is 13.2. The van der Waals surface area contributed by atoms with E-state index in [1.165, 1.54) is 6.07 Å². The van der Waals surface area contributed by atoms with Crippen LogP contribution in [-0.4, -0.2) is 15.3 Å². The van der Waals surface area contributed by atoms with Gasteiger partial charge in [-0.25, -0.2) is 13.8 Å². The number of aryl methyl sites for hydroxylation is 1. The Morgan fingerprint density at radius 2 is 2.05 bits per heavy atom. The first-order valence-electron chi connectivity index (χ1n) is 6.82. The first-order chi connectivity index (χ1) is 10.6. The molecule has 0 radical (unpaired) electrons. The Balaban J connectivity index is 1.97. The molecule has 2 heterocycles. The smallest absolute Gasteiger partial charge is 0.276 e. The number of halogens is 2. The molecule has 0 unspecified atom stereocenters. The van der Waals surface area contributed by atoms with Crippen LogP contribution in [-0.2, 0) is 6.42 Å². The summed E-state index contributed by atoms with van der Waals surface area (Å²) in [4.78, 5) is 16.7. The SMILES string of the molecule is CCc1nc(C(=O)Nc2ccc(F)c(F)c2)c2ccccn12. The molecule has 1 aromatic carbocycles. The molecule has 0 aliphatic carbocycles. The van der Waals surface area contributed by atoms with Crippen molar-refractivity contribution in [1.82, 2.24) is 9.38 Å². The molecule has 1 N–H and O–H groups in total. The van der Waals surface area contributed by atoms with Crippen molar-refractivity contribution in [3.05, 3.63) is 65.7 Å². The maximum absolute atomic E-state index is 13.2. The standard InChI is InChI=1S/C16H13F2N3O/c1-2-14-20-15(13-5-3-4-8-21(13)14)16(22)19-10-6-7-11(17)12(18)9-10/h3-9H,2H2,1H3,(H,19,22). The molecule has 1 amide bonds. The van der Waals surface area contributed by atoms with Gasteiger partial charge in [-0.05, 0) is 24.3 Å². The summed E-state index contributed by atoms with van der Waals surface area (Å²) in [5.74, 6) is -1.68. The Kier molecular flexibility index (Phi) is 3.58. The van der Waals surface area contributed by atoms with E-state index in [0.717, 1.165) is 18.0 Å². The number of nitrogens with zero attached hydrogens (tertiary/aromatic N) is 2. The van der Waals surface area contributed by atoms with E-state index < -0.39 is 17.5 Å². The predicted molar refractivity (Wildman–Crippen MR) is 78.9 cm³/mol. The summed E-state index contributed by atoms with van der Waals surface area (Å²) >= 11 is 0. The number of hydrogen-bond donors (Lipinski definition) is 1. The summed E-state index contributed by atoms with van der Waals surface area (Å²) in [7, 11) is 0. The van der Waals surface area contributed by atoms with Gasteiger partial charge in [-0.15, -0.1) is 0 Å². The lowest BCUT2D eigenvalue weighted by atomic mass is 10.2. The lowest BCUT2D eigenvalue weighted by Gasteiger charge is -2.04. The average Bonchev–Trinajstić information content (AvgIpc) is 2.90. The van der Waals surface area contributed by atoms with Crippen molar-refractivity contribution >= 4 is 17.1 Å². The van der Waals surface area contributed by atoms with Gasteiger partial charge in [-0.3, -0.25) is 4.79 Å². The van der Waals surface area contributed by atoms with Crippen LogP contribution in [0.3, 0.4) is 0 Å². The first-order valence-corrected chi connectivity index (χ1v) is 6.82. The third kappa shape index (κ3) is 2.43. The van der Waals surface area contributed by atoms with Gasteiger partial charge in [0.05, 0.1) is 5.52 Å². The third-order valence-electron chi connectivity index (χ3n) is 3.33. The van der Waals surface area contributed by atoms with Crippen molar-refractivity contribution in [2.24, 2.45) is 0 Å². The number of benzene rings is 1. The molecule has 0 spiro atoms. The highest BCUT2D eigenvalue weighted by molar-refractivity contribution is 6.07. The lowest BCUT2D eigenvalue weighted by molar-refractivity contribution is 0.102. The van der Waals surface area contributed by atoms with E-state index in [0.29, 0.717) is 11.9 Å². The molecule has 112 valence electrons. The Bertz CT molecular complexity index is 858. The van der Waals surface area contributed by atoms with Crippen LogP contribution in [0.2, 0.25) is 0 Å². The molecule has 0 fully saturated rings. The molecule has 0 aliphatic rings. The van der Waals surface area contributed by atoms with Crippen molar-refractivity contribution in [1.29, 1.82) is 0 Å². The van der Waals surface area contributed by atoms with E-state index in [1.54, 1.807) is 6.07 Å². The molecule has 0 saturated heterocycles. The summed E-state index contributed by atoms with van der Waals surface area (Å²) in [6.45, 7) is 1.94. The van der Waals surface area contributed by atoms with Gasteiger partial charge in [-0.2, -0.15) is 0 Å². The largest absolute Gasteiger partial charge is 0.320 e. The Morgan fingerprint density at radius 1 is 1.23 bits per heavy atom. The van der Waals surface area contributed by atoms with E-state index in [4.69, 9.17) is 0 Å². The highest BCUT2D eigenvalue weighted by Gasteiger charge is 2.17. The van der Waals surface area contributed by atoms with Gasteiger partial charge < -0.3 is 9.72 Å². The minimum atomic E-state index is -1.01. The Hall–Kier alpha value is -2.76. The number of rotatable bonds is 3. The maximum Gasteiger partial charge on any atom is 0.276 e. The van der Waals surface area contributed by atoms with Gasteiger partial charge in [-0.1, -0.05) is 13.0 Å². The van der Waals surface area contributed by atoms with Crippen molar-refractivity contribution in [3.8, 4) is 0 Å². The summed E-state index contributed by atoms with van der Waals surface area (Å²) in [5.41, 5.74) is 1.10. The number of aromatic nitrogens is 2. The molecular formula is C16H13F2N3O. The van der Waals surface area contributed by atoms with Gasteiger partial charge >= 0.3 is 0 Å². The van der Waals surface area contributed by atoms with Crippen LogP contribution in [0, 0.1) is 11.6 Å². The van der Waals surface area contributed by atoms with Gasteiger partial charge in [0.25, 0.3) is 5.91 Å². The van der Waals surface area contributed by atoms with E-state index in [9.17, 15) is 13.6 Å². The number of carbonyl (C=O) groups excluding carboxylic acids is 1. The lowest BCUT2D eigenvalue weighted by Crippen LogP contribution is -2.13.